The molecule has 0 aliphatic heterocycles. The highest BCUT2D eigenvalue weighted by Crippen LogP contribution is 2.60. The van der Waals surface area contributed by atoms with Crippen molar-refractivity contribution in [1.82, 2.24) is 14.8 Å². The fourth-order valence-corrected chi connectivity index (χ4v) is 9.64. The van der Waals surface area contributed by atoms with E-state index < -0.39 is 0 Å². The zero-order valence-corrected chi connectivity index (χ0v) is 22.0. The largest absolute Gasteiger partial charge is 0.303 e. The number of aromatic nitrogens is 3. The first-order chi connectivity index (χ1) is 17.7. The topological polar surface area (TPSA) is 47.8 Å². The Bertz CT molecular complexity index is 1230. The summed E-state index contributed by atoms with van der Waals surface area (Å²) in [4.78, 5) is 13.7. The van der Waals surface area contributed by atoms with Crippen molar-refractivity contribution in [2.75, 3.05) is 5.75 Å². The van der Waals surface area contributed by atoms with Gasteiger partial charge in [-0.05, 0) is 85.5 Å². The van der Waals surface area contributed by atoms with Crippen molar-refractivity contribution in [3.63, 3.8) is 0 Å². The number of carbonyl (C=O) groups excluding carboxylic acids is 1. The van der Waals surface area contributed by atoms with Gasteiger partial charge in [-0.2, -0.15) is 0 Å². The van der Waals surface area contributed by atoms with Crippen molar-refractivity contribution >= 4 is 28.3 Å². The van der Waals surface area contributed by atoms with Gasteiger partial charge in [0.2, 0.25) is 0 Å². The van der Waals surface area contributed by atoms with Crippen LogP contribution in [0.25, 0.3) is 10.8 Å². The second-order valence-electron chi connectivity index (χ2n) is 12.3. The average Bonchev–Trinajstić information content (AvgIpc) is 3.29. The minimum atomic E-state index is -0.0246. The van der Waals surface area contributed by atoms with E-state index in [1.807, 2.05) is 0 Å². The molecule has 0 radical (unpaired) electrons. The zero-order valence-electron chi connectivity index (χ0n) is 21.2. The molecule has 5 aliphatic rings. The fraction of sp³-hybridized carbons (Fsp3) is 0.581. The molecule has 0 amide bonds. The Hall–Kier alpha value is -2.14. The Kier molecular flexibility index (Phi) is 5.95. The van der Waals surface area contributed by atoms with Crippen LogP contribution in [-0.4, -0.2) is 26.3 Å². The molecule has 5 aliphatic carbocycles. The van der Waals surface area contributed by atoms with Crippen molar-refractivity contribution < 1.29 is 4.79 Å². The van der Waals surface area contributed by atoms with Crippen molar-refractivity contribution in [3.8, 4) is 0 Å². The predicted molar refractivity (Wildman–Crippen MR) is 145 cm³/mol. The molecule has 0 saturated heterocycles. The predicted octanol–water partition coefficient (Wildman–Crippen LogP) is 7.40. The van der Waals surface area contributed by atoms with Crippen LogP contribution in [0.4, 0.5) is 0 Å². The molecule has 36 heavy (non-hydrogen) atoms. The van der Waals surface area contributed by atoms with Gasteiger partial charge in [0.1, 0.15) is 11.6 Å². The van der Waals surface area contributed by atoms with E-state index in [4.69, 9.17) is 10.2 Å². The molecule has 188 valence electrons. The normalized spacial score (nSPS) is 29.7. The van der Waals surface area contributed by atoms with E-state index in [-0.39, 0.29) is 5.41 Å². The highest BCUT2D eigenvalue weighted by atomic mass is 32.2. The quantitative estimate of drug-likeness (QED) is 0.318. The van der Waals surface area contributed by atoms with Crippen molar-refractivity contribution in [2.45, 2.75) is 88.2 Å². The summed E-state index contributed by atoms with van der Waals surface area (Å²) in [6.07, 6.45) is 14.6. The Balaban J connectivity index is 1.15. The van der Waals surface area contributed by atoms with Crippen molar-refractivity contribution in [2.24, 2.45) is 23.2 Å². The number of carbonyl (C=O) groups is 1. The molecule has 3 aromatic rings. The number of fused-ring (bicyclic) bond motifs is 1. The third-order valence-electron chi connectivity index (χ3n) is 9.87. The van der Waals surface area contributed by atoms with Crippen LogP contribution in [0.2, 0.25) is 0 Å². The maximum atomic E-state index is 13.7. The molecule has 1 aromatic heterocycles. The van der Waals surface area contributed by atoms with E-state index in [9.17, 15) is 4.79 Å². The molecular weight excluding hydrogens is 462 g/mol. The molecule has 0 spiro atoms. The van der Waals surface area contributed by atoms with Crippen molar-refractivity contribution in [1.29, 1.82) is 0 Å². The van der Waals surface area contributed by atoms with E-state index in [0.29, 0.717) is 17.6 Å². The number of Topliss-reactive ketones (excluding diaryl/α,β-unsaturated/α-hetero) is 1. The molecule has 1 heterocycles. The lowest BCUT2D eigenvalue weighted by Crippen LogP contribution is -2.50. The fourth-order valence-electron chi connectivity index (χ4n) is 8.58. The Morgan fingerprint density at radius 3 is 2.33 bits per heavy atom. The monoisotopic (exact) mass is 499 g/mol. The Morgan fingerprint density at radius 2 is 1.58 bits per heavy atom. The summed E-state index contributed by atoms with van der Waals surface area (Å²) in [5, 5.41) is 13.0. The van der Waals surface area contributed by atoms with Gasteiger partial charge in [-0.15, -0.1) is 10.2 Å². The third-order valence-corrected chi connectivity index (χ3v) is 10.8. The molecule has 0 unspecified atom stereocenters. The lowest BCUT2D eigenvalue weighted by atomic mass is 9.48. The van der Waals surface area contributed by atoms with Gasteiger partial charge >= 0.3 is 0 Å². The summed E-state index contributed by atoms with van der Waals surface area (Å²) in [6.45, 7) is 0. The van der Waals surface area contributed by atoms with E-state index in [1.54, 1.807) is 11.8 Å². The van der Waals surface area contributed by atoms with Gasteiger partial charge in [-0.3, -0.25) is 4.79 Å². The number of nitrogens with zero attached hydrogens (tertiary/aromatic N) is 3. The maximum Gasteiger partial charge on any atom is 0.191 e. The van der Waals surface area contributed by atoms with Gasteiger partial charge in [0.25, 0.3) is 0 Å². The summed E-state index contributed by atoms with van der Waals surface area (Å²) in [7, 11) is 0. The van der Waals surface area contributed by atoms with Crippen LogP contribution in [0.3, 0.4) is 0 Å². The second kappa shape index (κ2) is 9.31. The van der Waals surface area contributed by atoms with E-state index in [2.05, 4.69) is 47.0 Å². The smallest absolute Gasteiger partial charge is 0.191 e. The minimum Gasteiger partial charge on any atom is -0.303 e. The van der Waals surface area contributed by atoms with Crippen LogP contribution in [0.5, 0.6) is 0 Å². The molecule has 4 bridgehead atoms. The summed E-state index contributed by atoms with van der Waals surface area (Å²) in [5.74, 6) is 4.55. The highest BCUT2D eigenvalue weighted by molar-refractivity contribution is 7.99. The first kappa shape index (κ1) is 23.0. The third kappa shape index (κ3) is 4.12. The van der Waals surface area contributed by atoms with Crippen LogP contribution in [0, 0.1) is 23.2 Å². The van der Waals surface area contributed by atoms with E-state index in [0.717, 1.165) is 54.4 Å². The molecule has 0 atom stereocenters. The summed E-state index contributed by atoms with van der Waals surface area (Å²) in [6, 6.07) is 15.6. The highest BCUT2D eigenvalue weighted by Gasteiger charge is 2.54. The molecule has 0 N–H and O–H groups in total. The number of benzene rings is 2. The van der Waals surface area contributed by atoms with Crippen LogP contribution < -0.4 is 0 Å². The van der Waals surface area contributed by atoms with E-state index in [1.165, 1.54) is 67.7 Å². The molecular formula is C31H37N3OS. The molecule has 2 aromatic carbocycles. The lowest BCUT2D eigenvalue weighted by Gasteiger charge is -2.56. The van der Waals surface area contributed by atoms with Crippen LogP contribution in [0.15, 0.2) is 47.6 Å². The lowest BCUT2D eigenvalue weighted by molar-refractivity contribution is -0.141. The molecule has 5 heteroatoms. The summed E-state index contributed by atoms with van der Waals surface area (Å²) >= 11 is 1.67. The maximum absolute atomic E-state index is 13.7. The first-order valence-corrected chi connectivity index (χ1v) is 15.2. The standard InChI is InChI=1S/C31H37N3OS/c35-28(31-17-21-13-22(18-31)15-23(14-21)19-31)20-36-30-33-32-29(34(30)26-10-2-1-3-11-26)16-25-9-6-8-24-7-4-5-12-27(24)25/h4-9,12,21-23,26H,1-3,10-11,13-20H2. The number of hydrogen-bond donors (Lipinski definition) is 0. The molecule has 8 rings (SSSR count). The number of ketones is 1. The summed E-state index contributed by atoms with van der Waals surface area (Å²) in [5.41, 5.74) is 1.28. The second-order valence-corrected chi connectivity index (χ2v) is 13.2. The van der Waals surface area contributed by atoms with Crippen LogP contribution in [-0.2, 0) is 11.2 Å². The zero-order chi connectivity index (χ0) is 24.1. The molecule has 4 nitrogen and oxygen atoms in total. The van der Waals surface area contributed by atoms with Gasteiger partial charge in [0.15, 0.2) is 5.16 Å². The average molecular weight is 500 g/mol. The molecule has 5 fully saturated rings. The van der Waals surface area contributed by atoms with Gasteiger partial charge < -0.3 is 4.57 Å². The minimum absolute atomic E-state index is 0.0246. The van der Waals surface area contributed by atoms with Crippen molar-refractivity contribution in [3.05, 3.63) is 53.9 Å². The van der Waals surface area contributed by atoms with E-state index >= 15 is 0 Å². The van der Waals surface area contributed by atoms with Crippen LogP contribution >= 0.6 is 11.8 Å². The number of hydrogen-bond acceptors (Lipinski definition) is 4. The van der Waals surface area contributed by atoms with Gasteiger partial charge in [0, 0.05) is 17.9 Å². The number of rotatable bonds is 7. The Morgan fingerprint density at radius 1 is 0.889 bits per heavy atom. The van der Waals surface area contributed by atoms with Crippen LogP contribution in [0.1, 0.15) is 88.1 Å². The number of thioether (sulfide) groups is 1. The SMILES string of the molecule is O=C(CSc1nnc(Cc2cccc3ccccc23)n1C1CCCCC1)C12CC3CC(CC(C3)C1)C2. The van der Waals surface area contributed by atoms with Gasteiger partial charge in [0.05, 0.1) is 5.75 Å². The van der Waals surface area contributed by atoms with Gasteiger partial charge in [-0.25, -0.2) is 0 Å². The first-order valence-electron chi connectivity index (χ1n) is 14.2. The summed E-state index contributed by atoms with van der Waals surface area (Å²) < 4.78 is 2.43. The molecule has 5 saturated carbocycles. The Labute approximate surface area is 218 Å². The van der Waals surface area contributed by atoms with Gasteiger partial charge in [-0.1, -0.05) is 73.5 Å².